The van der Waals surface area contributed by atoms with E-state index in [9.17, 15) is 4.79 Å². The summed E-state index contributed by atoms with van der Waals surface area (Å²) in [6, 6.07) is 12.4. The molecule has 0 saturated carbocycles. The highest BCUT2D eigenvalue weighted by atomic mass is 32.1. The summed E-state index contributed by atoms with van der Waals surface area (Å²) in [5.74, 6) is 0.0967. The smallest absolute Gasteiger partial charge is 0.183 e. The first-order valence-corrected chi connectivity index (χ1v) is 11.6. The molecular weight excluding hydrogens is 406 g/mol. The molecule has 5 rings (SSSR count). The van der Waals surface area contributed by atoms with E-state index >= 15 is 0 Å². The van der Waals surface area contributed by atoms with Crippen molar-refractivity contribution in [2.24, 2.45) is 4.99 Å². The van der Waals surface area contributed by atoms with Gasteiger partial charge in [-0.25, -0.2) is 4.98 Å². The predicted molar refractivity (Wildman–Crippen MR) is 126 cm³/mol. The number of benzene rings is 1. The maximum atomic E-state index is 12.8. The van der Waals surface area contributed by atoms with Crippen LogP contribution in [0.1, 0.15) is 35.2 Å². The molecule has 2 aliphatic heterocycles. The molecule has 7 heteroatoms. The van der Waals surface area contributed by atoms with Gasteiger partial charge < -0.3 is 10.2 Å². The summed E-state index contributed by atoms with van der Waals surface area (Å²) >= 11 is 1.58. The molecule has 1 fully saturated rings. The van der Waals surface area contributed by atoms with Crippen LogP contribution in [0.25, 0.3) is 11.4 Å². The maximum absolute atomic E-state index is 12.8. The van der Waals surface area contributed by atoms with Crippen molar-refractivity contribution in [3.05, 3.63) is 59.1 Å². The molecule has 0 unspecified atom stereocenters. The summed E-state index contributed by atoms with van der Waals surface area (Å²) < 4.78 is 0. The standard InChI is InChI=1S/C24H25N5OS/c1-29-11-8-17(9-12-29)27-24-28-20(15-31-24)23-22-19(7-10-25-23)21(30)14-18(26-22)13-16-5-3-2-4-6-16/h2-7,10,15,17H,8-9,11-14H2,1H3,(H,27,28). The van der Waals surface area contributed by atoms with Gasteiger partial charge >= 0.3 is 0 Å². The van der Waals surface area contributed by atoms with E-state index in [1.807, 2.05) is 23.6 Å². The number of aliphatic imine (C=N–C) groups is 1. The number of likely N-dealkylation sites (tertiary alicyclic amines) is 1. The monoisotopic (exact) mass is 431 g/mol. The van der Waals surface area contributed by atoms with E-state index in [1.54, 1.807) is 23.6 Å². The highest BCUT2D eigenvalue weighted by Crippen LogP contribution is 2.37. The van der Waals surface area contributed by atoms with Crippen molar-refractivity contribution in [2.45, 2.75) is 31.7 Å². The molecule has 158 valence electrons. The van der Waals surface area contributed by atoms with Gasteiger partial charge in [-0.3, -0.25) is 14.8 Å². The Labute approximate surface area is 186 Å². The van der Waals surface area contributed by atoms with Crippen LogP contribution >= 0.6 is 11.3 Å². The third-order valence-corrected chi connectivity index (χ3v) is 6.68. The second kappa shape index (κ2) is 8.69. The van der Waals surface area contributed by atoms with Crippen molar-refractivity contribution in [1.29, 1.82) is 0 Å². The van der Waals surface area contributed by atoms with E-state index in [1.165, 1.54) is 0 Å². The lowest BCUT2D eigenvalue weighted by molar-refractivity contribution is 0.0999. The first kappa shape index (κ1) is 20.0. The Morgan fingerprint density at radius 1 is 1.16 bits per heavy atom. The lowest BCUT2D eigenvalue weighted by Crippen LogP contribution is -2.36. The molecule has 1 aromatic carbocycles. The molecule has 1 saturated heterocycles. The number of fused-ring (bicyclic) bond motifs is 1. The number of pyridine rings is 1. The second-order valence-corrected chi connectivity index (χ2v) is 9.11. The van der Waals surface area contributed by atoms with Crippen molar-refractivity contribution in [3.8, 4) is 11.4 Å². The van der Waals surface area contributed by atoms with Crippen molar-refractivity contribution < 1.29 is 4.79 Å². The van der Waals surface area contributed by atoms with Crippen molar-refractivity contribution in [3.63, 3.8) is 0 Å². The van der Waals surface area contributed by atoms with Gasteiger partial charge in [-0.2, -0.15) is 0 Å². The number of carbonyl (C=O) groups is 1. The van der Waals surface area contributed by atoms with Gasteiger partial charge in [0.2, 0.25) is 0 Å². The number of nitrogens with zero attached hydrogens (tertiary/aromatic N) is 4. The SMILES string of the molecule is CN1CCC(Nc2nc(-c3nccc4c3N=C(Cc3ccccc3)CC4=O)cs2)CC1. The Morgan fingerprint density at radius 2 is 1.97 bits per heavy atom. The third kappa shape index (κ3) is 4.43. The molecule has 3 aromatic rings. The van der Waals surface area contributed by atoms with Crippen molar-refractivity contribution in [1.82, 2.24) is 14.9 Å². The zero-order chi connectivity index (χ0) is 21.2. The largest absolute Gasteiger partial charge is 0.359 e. The number of ketones is 1. The second-order valence-electron chi connectivity index (χ2n) is 8.26. The van der Waals surface area contributed by atoms with E-state index in [0.717, 1.165) is 48.0 Å². The number of aromatic nitrogens is 2. The molecule has 4 heterocycles. The average Bonchev–Trinajstić information content (AvgIpc) is 3.24. The molecule has 0 amide bonds. The minimum absolute atomic E-state index is 0.0967. The fourth-order valence-corrected chi connectivity index (χ4v) is 4.94. The normalized spacial score (nSPS) is 17.3. The summed E-state index contributed by atoms with van der Waals surface area (Å²) in [4.78, 5) is 29.4. The summed E-state index contributed by atoms with van der Waals surface area (Å²) in [6.07, 6.45) is 4.94. The van der Waals surface area contributed by atoms with Gasteiger partial charge in [0.25, 0.3) is 0 Å². The summed E-state index contributed by atoms with van der Waals surface area (Å²) in [5.41, 5.74) is 4.78. The first-order valence-electron chi connectivity index (χ1n) is 10.7. The van der Waals surface area contributed by atoms with Crippen LogP contribution in [-0.4, -0.2) is 52.5 Å². The fourth-order valence-electron chi connectivity index (χ4n) is 4.17. The number of hydrogen-bond acceptors (Lipinski definition) is 7. The average molecular weight is 432 g/mol. The summed E-state index contributed by atoms with van der Waals surface area (Å²) in [5, 5.41) is 6.48. The first-order chi connectivity index (χ1) is 15.2. The number of piperidine rings is 1. The zero-order valence-electron chi connectivity index (χ0n) is 17.5. The Balaban J connectivity index is 1.41. The van der Waals surface area contributed by atoms with Crippen LogP contribution in [0.4, 0.5) is 10.8 Å². The third-order valence-electron chi connectivity index (χ3n) is 5.90. The highest BCUT2D eigenvalue weighted by molar-refractivity contribution is 7.14. The minimum atomic E-state index is 0.0967. The molecule has 2 aliphatic rings. The van der Waals surface area contributed by atoms with Crippen LogP contribution < -0.4 is 5.32 Å². The van der Waals surface area contributed by atoms with Crippen LogP contribution in [-0.2, 0) is 6.42 Å². The quantitative estimate of drug-likeness (QED) is 0.639. The number of hydrogen-bond donors (Lipinski definition) is 1. The lowest BCUT2D eigenvalue weighted by atomic mass is 9.96. The van der Waals surface area contributed by atoms with Gasteiger partial charge in [0.15, 0.2) is 10.9 Å². The number of Topliss-reactive ketones (excluding diaryl/α,β-unsaturated/α-hetero) is 1. The van der Waals surface area contributed by atoms with Crippen LogP contribution in [0.2, 0.25) is 0 Å². The van der Waals surface area contributed by atoms with Crippen molar-refractivity contribution >= 4 is 33.7 Å². The topological polar surface area (TPSA) is 70.5 Å². The van der Waals surface area contributed by atoms with Gasteiger partial charge in [0, 0.05) is 41.7 Å². The van der Waals surface area contributed by atoms with Gasteiger partial charge in [-0.1, -0.05) is 30.3 Å². The Morgan fingerprint density at radius 3 is 2.77 bits per heavy atom. The molecule has 0 bridgehead atoms. The highest BCUT2D eigenvalue weighted by Gasteiger charge is 2.25. The molecule has 1 N–H and O–H groups in total. The van der Waals surface area contributed by atoms with Gasteiger partial charge in [0.1, 0.15) is 17.1 Å². The van der Waals surface area contributed by atoms with Crippen molar-refractivity contribution in [2.75, 3.05) is 25.5 Å². The van der Waals surface area contributed by atoms with Crippen LogP contribution in [0, 0.1) is 0 Å². The van der Waals surface area contributed by atoms with E-state index in [4.69, 9.17) is 9.98 Å². The summed E-state index contributed by atoms with van der Waals surface area (Å²) in [6.45, 7) is 2.20. The Bertz CT molecular complexity index is 1120. The molecule has 0 aliphatic carbocycles. The molecule has 0 radical (unpaired) electrons. The number of thiazole rings is 1. The molecule has 0 spiro atoms. The van der Waals surface area contributed by atoms with Crippen LogP contribution in [0.3, 0.4) is 0 Å². The van der Waals surface area contributed by atoms with Gasteiger partial charge in [-0.05, 0) is 44.6 Å². The van der Waals surface area contributed by atoms with E-state index in [2.05, 4.69) is 34.4 Å². The zero-order valence-corrected chi connectivity index (χ0v) is 18.4. The Kier molecular flexibility index (Phi) is 5.61. The van der Waals surface area contributed by atoms with E-state index in [0.29, 0.717) is 35.8 Å². The predicted octanol–water partition coefficient (Wildman–Crippen LogP) is 4.61. The maximum Gasteiger partial charge on any atom is 0.183 e. The Hall–Kier alpha value is -2.90. The molecular formula is C24H25N5OS. The van der Waals surface area contributed by atoms with E-state index in [-0.39, 0.29) is 5.78 Å². The number of nitrogens with one attached hydrogen (secondary N) is 1. The number of anilines is 1. The lowest BCUT2D eigenvalue weighted by Gasteiger charge is -2.29. The summed E-state index contributed by atoms with van der Waals surface area (Å²) in [7, 11) is 2.16. The minimum Gasteiger partial charge on any atom is -0.359 e. The molecule has 6 nitrogen and oxygen atoms in total. The number of rotatable bonds is 5. The van der Waals surface area contributed by atoms with Gasteiger partial charge in [0.05, 0.1) is 0 Å². The van der Waals surface area contributed by atoms with Gasteiger partial charge in [-0.15, -0.1) is 11.3 Å². The molecule has 31 heavy (non-hydrogen) atoms. The molecule has 2 aromatic heterocycles. The number of carbonyl (C=O) groups excluding carboxylic acids is 1. The molecule has 0 atom stereocenters. The van der Waals surface area contributed by atoms with Crippen LogP contribution in [0.15, 0.2) is 53.0 Å². The fraction of sp³-hybridized carbons (Fsp3) is 0.333. The van der Waals surface area contributed by atoms with Crippen LogP contribution in [0.5, 0.6) is 0 Å². The van der Waals surface area contributed by atoms with E-state index < -0.39 is 0 Å².